The van der Waals surface area contributed by atoms with Crippen molar-refractivity contribution in [1.82, 2.24) is 4.98 Å². The number of nitrogens with zero attached hydrogens (tertiary/aromatic N) is 2. The molecule has 0 saturated carbocycles. The Morgan fingerprint density at radius 2 is 1.74 bits per heavy atom. The Hall–Kier alpha value is -2.31. The minimum Gasteiger partial charge on any atom is -0.481 e. The van der Waals surface area contributed by atoms with E-state index in [0.717, 1.165) is 28.6 Å². The van der Waals surface area contributed by atoms with Gasteiger partial charge in [0.25, 0.3) is 0 Å². The minimum atomic E-state index is -0.748. The van der Waals surface area contributed by atoms with Crippen molar-refractivity contribution in [3.63, 3.8) is 0 Å². The fourth-order valence-electron chi connectivity index (χ4n) is 4.08. The molecule has 0 aliphatic carbocycles. The normalized spacial score (nSPS) is 11.4. The van der Waals surface area contributed by atoms with Gasteiger partial charge in [-0.05, 0) is 55.9 Å². The molecule has 2 aromatic carbocycles. The molecule has 0 radical (unpaired) electrons. The van der Waals surface area contributed by atoms with Gasteiger partial charge in [0.05, 0.1) is 12.1 Å². The minimum absolute atomic E-state index is 0.194. The van der Waals surface area contributed by atoms with Crippen LogP contribution >= 0.6 is 23.1 Å². The lowest BCUT2D eigenvalue weighted by atomic mass is 9.94. The molecular formula is C28H36N2O2S2. The zero-order valence-corrected chi connectivity index (χ0v) is 22.3. The number of aliphatic carboxylic acids is 1. The van der Waals surface area contributed by atoms with E-state index in [4.69, 9.17) is 10.1 Å². The van der Waals surface area contributed by atoms with Gasteiger partial charge in [-0.25, -0.2) is 4.98 Å². The summed E-state index contributed by atoms with van der Waals surface area (Å²) in [6, 6.07) is 18.2. The Kier molecular flexibility index (Phi) is 10.0. The number of carboxylic acids is 1. The topological polar surface area (TPSA) is 53.4 Å². The summed E-state index contributed by atoms with van der Waals surface area (Å²) in [5.41, 5.74) is 6.08. The molecule has 3 aromatic rings. The number of carboxylic acid groups (broad SMARTS) is 1. The molecule has 0 aliphatic rings. The average molecular weight is 497 g/mol. The van der Waals surface area contributed by atoms with Crippen molar-refractivity contribution >= 4 is 34.8 Å². The van der Waals surface area contributed by atoms with Gasteiger partial charge in [-0.1, -0.05) is 50.2 Å². The van der Waals surface area contributed by atoms with Crippen LogP contribution in [0.2, 0.25) is 0 Å². The number of hydrogen-bond acceptors (Lipinski definition) is 5. The number of carbonyl (C=O) groups is 1. The van der Waals surface area contributed by atoms with E-state index in [0.29, 0.717) is 17.7 Å². The highest BCUT2D eigenvalue weighted by atomic mass is 32.2. The number of thiazole rings is 1. The lowest BCUT2D eigenvalue weighted by Crippen LogP contribution is -2.30. The van der Waals surface area contributed by atoms with E-state index >= 15 is 0 Å². The smallest absolute Gasteiger partial charge is 0.304 e. The van der Waals surface area contributed by atoms with E-state index in [1.54, 1.807) is 23.1 Å². The number of thioether (sulfide) groups is 1. The second-order valence-electron chi connectivity index (χ2n) is 8.85. The van der Waals surface area contributed by atoms with Crippen LogP contribution in [0, 0.1) is 0 Å². The van der Waals surface area contributed by atoms with Gasteiger partial charge >= 0.3 is 5.97 Å². The first kappa shape index (κ1) is 26.3. The van der Waals surface area contributed by atoms with Gasteiger partial charge in [0.1, 0.15) is 5.01 Å². The molecule has 0 amide bonds. The molecule has 0 unspecified atom stereocenters. The Morgan fingerprint density at radius 1 is 1.06 bits per heavy atom. The fraction of sp³-hybridized carbons (Fsp3) is 0.429. The van der Waals surface area contributed by atoms with Crippen molar-refractivity contribution in [2.45, 2.75) is 71.2 Å². The maximum atomic E-state index is 10.6. The molecule has 0 bridgehead atoms. The number of aromatic nitrogens is 1. The highest BCUT2D eigenvalue weighted by molar-refractivity contribution is 7.98. The van der Waals surface area contributed by atoms with E-state index in [1.165, 1.54) is 29.7 Å². The largest absolute Gasteiger partial charge is 0.481 e. The van der Waals surface area contributed by atoms with Crippen LogP contribution in [-0.4, -0.2) is 27.9 Å². The van der Waals surface area contributed by atoms with Crippen LogP contribution < -0.4 is 4.90 Å². The summed E-state index contributed by atoms with van der Waals surface area (Å²) in [4.78, 5) is 17.8. The van der Waals surface area contributed by atoms with Crippen LogP contribution in [-0.2, 0) is 17.1 Å². The Balaban J connectivity index is 1.64. The number of benzene rings is 2. The molecule has 3 rings (SSSR count). The Labute approximate surface area is 212 Å². The van der Waals surface area contributed by atoms with Gasteiger partial charge in [-0.3, -0.25) is 4.79 Å². The summed E-state index contributed by atoms with van der Waals surface area (Å²) >= 11 is 3.26. The molecule has 1 heterocycles. The first-order valence-electron chi connectivity index (χ1n) is 12.1. The zero-order chi connectivity index (χ0) is 24.5. The van der Waals surface area contributed by atoms with Crippen LogP contribution in [0.1, 0.15) is 69.0 Å². The quantitative estimate of drug-likeness (QED) is 0.244. The van der Waals surface area contributed by atoms with Crippen LogP contribution in [0.3, 0.4) is 0 Å². The molecule has 0 saturated heterocycles. The molecule has 4 nitrogen and oxygen atoms in total. The van der Waals surface area contributed by atoms with Crippen molar-refractivity contribution in [3.8, 4) is 11.3 Å². The molecule has 0 spiro atoms. The zero-order valence-electron chi connectivity index (χ0n) is 20.7. The highest BCUT2D eigenvalue weighted by Gasteiger charge is 2.14. The van der Waals surface area contributed by atoms with Crippen LogP contribution in [0.4, 0.5) is 5.69 Å². The van der Waals surface area contributed by atoms with Gasteiger partial charge in [-0.15, -0.1) is 11.3 Å². The summed E-state index contributed by atoms with van der Waals surface area (Å²) in [6.07, 6.45) is 2.56. The van der Waals surface area contributed by atoms with Crippen molar-refractivity contribution in [2.24, 2.45) is 0 Å². The maximum absolute atomic E-state index is 10.6. The van der Waals surface area contributed by atoms with Crippen LogP contribution in [0.5, 0.6) is 0 Å². The first-order valence-corrected chi connectivity index (χ1v) is 14.1. The summed E-state index contributed by atoms with van der Waals surface area (Å²) in [6.45, 7) is 9.88. The Bertz CT molecular complexity index is 1030. The SMILES string of the molecule is CCC(CC)c1ccc(N(Cc2ccc(-c3csc(CSCCC(=O)O)n3)cc2)C(C)C)cc1. The van der Waals surface area contributed by atoms with Crippen LogP contribution in [0.25, 0.3) is 11.3 Å². The molecule has 0 fully saturated rings. The molecular weight excluding hydrogens is 460 g/mol. The lowest BCUT2D eigenvalue weighted by Gasteiger charge is -2.30. The summed E-state index contributed by atoms with van der Waals surface area (Å²) in [5.74, 6) is 1.27. The molecule has 1 N–H and O–H groups in total. The van der Waals surface area contributed by atoms with Gasteiger partial charge < -0.3 is 10.0 Å². The second kappa shape index (κ2) is 13.0. The van der Waals surface area contributed by atoms with Crippen molar-refractivity contribution < 1.29 is 9.90 Å². The fourth-order valence-corrected chi connectivity index (χ4v) is 5.89. The number of rotatable bonds is 13. The molecule has 34 heavy (non-hydrogen) atoms. The van der Waals surface area contributed by atoms with Gasteiger partial charge in [0, 0.05) is 40.7 Å². The van der Waals surface area contributed by atoms with Gasteiger partial charge in [0.15, 0.2) is 0 Å². The number of hydrogen-bond donors (Lipinski definition) is 1. The Morgan fingerprint density at radius 3 is 2.32 bits per heavy atom. The van der Waals surface area contributed by atoms with E-state index < -0.39 is 5.97 Å². The van der Waals surface area contributed by atoms with E-state index in [2.05, 4.69) is 86.5 Å². The van der Waals surface area contributed by atoms with E-state index in [-0.39, 0.29) is 6.42 Å². The third-order valence-electron chi connectivity index (χ3n) is 6.15. The molecule has 0 aliphatic heterocycles. The molecule has 0 atom stereocenters. The van der Waals surface area contributed by atoms with Crippen molar-refractivity contribution in [1.29, 1.82) is 0 Å². The first-order chi connectivity index (χ1) is 16.4. The average Bonchev–Trinajstić information content (AvgIpc) is 3.31. The summed E-state index contributed by atoms with van der Waals surface area (Å²) in [5, 5.41) is 11.9. The number of anilines is 1. The highest BCUT2D eigenvalue weighted by Crippen LogP contribution is 2.28. The van der Waals surface area contributed by atoms with Gasteiger partial charge in [0.2, 0.25) is 0 Å². The maximum Gasteiger partial charge on any atom is 0.304 e. The standard InChI is InChI=1S/C28H36N2O2S2/c1-5-22(6-2)23-11-13-25(14-12-23)30(20(3)4)17-21-7-9-24(10-8-21)26-18-34-27(29-26)19-33-16-15-28(31)32/h7-14,18,20,22H,5-6,15-17,19H2,1-4H3,(H,31,32). The molecule has 6 heteroatoms. The monoisotopic (exact) mass is 496 g/mol. The summed E-state index contributed by atoms with van der Waals surface area (Å²) in [7, 11) is 0. The summed E-state index contributed by atoms with van der Waals surface area (Å²) < 4.78 is 0. The van der Waals surface area contributed by atoms with Crippen molar-refractivity contribution in [3.05, 3.63) is 70.0 Å². The van der Waals surface area contributed by atoms with Crippen LogP contribution in [0.15, 0.2) is 53.9 Å². The van der Waals surface area contributed by atoms with Gasteiger partial charge in [-0.2, -0.15) is 11.8 Å². The third-order valence-corrected chi connectivity index (χ3v) is 8.15. The van der Waals surface area contributed by atoms with E-state index in [9.17, 15) is 4.79 Å². The van der Waals surface area contributed by atoms with E-state index in [1.807, 2.05) is 0 Å². The predicted octanol–water partition coefficient (Wildman–Crippen LogP) is 7.84. The molecule has 182 valence electrons. The third kappa shape index (κ3) is 7.34. The second-order valence-corrected chi connectivity index (χ2v) is 10.9. The molecule has 1 aromatic heterocycles. The van der Waals surface area contributed by atoms with Crippen molar-refractivity contribution in [2.75, 3.05) is 10.7 Å². The predicted molar refractivity (Wildman–Crippen MR) is 147 cm³/mol. The lowest BCUT2D eigenvalue weighted by molar-refractivity contribution is -0.136.